The molecule has 0 spiro atoms. The van der Waals surface area contributed by atoms with Crippen LogP contribution in [-0.4, -0.2) is 36.8 Å². The minimum Gasteiger partial charge on any atom is -0.463 e. The minimum atomic E-state index is -4.03. The highest BCUT2D eigenvalue weighted by Crippen LogP contribution is 2.35. The van der Waals surface area contributed by atoms with Gasteiger partial charge in [0.1, 0.15) is 0 Å². The van der Waals surface area contributed by atoms with E-state index in [-0.39, 0.29) is 29.3 Å². The highest BCUT2D eigenvalue weighted by atomic mass is 32.2. The first-order valence-corrected chi connectivity index (χ1v) is 10.9. The van der Waals surface area contributed by atoms with Gasteiger partial charge in [0.05, 0.1) is 22.5 Å². The van der Waals surface area contributed by atoms with E-state index >= 15 is 0 Å². The van der Waals surface area contributed by atoms with Crippen LogP contribution in [0.25, 0.3) is 0 Å². The molecule has 0 amide bonds. The van der Waals surface area contributed by atoms with Crippen LogP contribution in [0.15, 0.2) is 65.1 Å². The summed E-state index contributed by atoms with van der Waals surface area (Å²) < 4.78 is 33.2. The van der Waals surface area contributed by atoms with E-state index in [0.717, 1.165) is 23.3 Å². The van der Waals surface area contributed by atoms with E-state index in [0.29, 0.717) is 6.42 Å². The van der Waals surface area contributed by atoms with E-state index in [2.05, 4.69) is 0 Å². The molecule has 0 aromatic heterocycles. The number of esters is 1. The smallest absolute Gasteiger partial charge is 0.335 e. The number of sulfonamides is 1. The summed E-state index contributed by atoms with van der Waals surface area (Å²) in [5, 5.41) is 10.9. The minimum absolute atomic E-state index is 0.0733. The Bertz CT molecular complexity index is 1090. The molecular formula is C21H22N2O6S. The number of hydrogen-bond donors (Lipinski definition) is 0. The van der Waals surface area contributed by atoms with Gasteiger partial charge in [-0.05, 0) is 38.0 Å². The van der Waals surface area contributed by atoms with Crippen molar-refractivity contribution in [2.45, 2.75) is 31.2 Å². The quantitative estimate of drug-likeness (QED) is 0.394. The van der Waals surface area contributed by atoms with Crippen LogP contribution in [0.2, 0.25) is 0 Å². The Morgan fingerprint density at radius 2 is 1.93 bits per heavy atom. The Morgan fingerprint density at radius 3 is 2.53 bits per heavy atom. The molecule has 2 aromatic carbocycles. The highest BCUT2D eigenvalue weighted by molar-refractivity contribution is 7.89. The molecule has 0 radical (unpaired) electrons. The molecule has 158 valence electrons. The van der Waals surface area contributed by atoms with Gasteiger partial charge in [0, 0.05) is 24.3 Å². The molecule has 0 fully saturated rings. The lowest BCUT2D eigenvalue weighted by Crippen LogP contribution is -2.40. The van der Waals surface area contributed by atoms with Crippen molar-refractivity contribution in [1.29, 1.82) is 0 Å². The van der Waals surface area contributed by atoms with Crippen LogP contribution in [0.4, 0.5) is 5.69 Å². The van der Waals surface area contributed by atoms with Gasteiger partial charge in [-0.15, -0.1) is 0 Å². The Balaban J connectivity index is 2.04. The first-order chi connectivity index (χ1) is 14.2. The summed E-state index contributed by atoms with van der Waals surface area (Å²) >= 11 is 0. The largest absolute Gasteiger partial charge is 0.463 e. The van der Waals surface area contributed by atoms with E-state index in [4.69, 9.17) is 4.74 Å². The topological polar surface area (TPSA) is 107 Å². The zero-order valence-corrected chi connectivity index (χ0v) is 17.5. The fraction of sp³-hybridized carbons (Fsp3) is 0.286. The maximum Gasteiger partial charge on any atom is 0.335 e. The van der Waals surface area contributed by atoms with Gasteiger partial charge in [0.2, 0.25) is 10.0 Å². The monoisotopic (exact) mass is 430 g/mol. The average molecular weight is 430 g/mol. The number of carbonyl (C=O) groups is 1. The van der Waals surface area contributed by atoms with Crippen molar-refractivity contribution in [1.82, 2.24) is 4.31 Å². The van der Waals surface area contributed by atoms with E-state index in [1.165, 1.54) is 16.4 Å². The first-order valence-electron chi connectivity index (χ1n) is 9.43. The molecule has 1 aliphatic heterocycles. The highest BCUT2D eigenvalue weighted by Gasteiger charge is 2.37. The summed E-state index contributed by atoms with van der Waals surface area (Å²) in [5.74, 6) is -0.552. The van der Waals surface area contributed by atoms with Crippen LogP contribution in [0, 0.1) is 17.0 Å². The number of benzene rings is 2. The molecule has 1 heterocycles. The molecule has 30 heavy (non-hydrogen) atoms. The predicted molar refractivity (Wildman–Crippen MR) is 110 cm³/mol. The molecule has 0 unspecified atom stereocenters. The summed E-state index contributed by atoms with van der Waals surface area (Å²) in [4.78, 5) is 22.5. The summed E-state index contributed by atoms with van der Waals surface area (Å²) in [6.07, 6.45) is 2.02. The second-order valence-corrected chi connectivity index (χ2v) is 8.81. The molecule has 0 saturated heterocycles. The maximum atomic E-state index is 13.4. The Hall–Kier alpha value is -3.04. The number of ether oxygens (including phenoxy) is 1. The van der Waals surface area contributed by atoms with Crippen LogP contribution >= 0.6 is 0 Å². The van der Waals surface area contributed by atoms with Gasteiger partial charge >= 0.3 is 5.97 Å². The van der Waals surface area contributed by atoms with Gasteiger partial charge in [-0.1, -0.05) is 35.9 Å². The van der Waals surface area contributed by atoms with Crippen LogP contribution < -0.4 is 0 Å². The van der Waals surface area contributed by atoms with Crippen LogP contribution in [0.5, 0.6) is 0 Å². The van der Waals surface area contributed by atoms with Gasteiger partial charge in [-0.3, -0.25) is 10.1 Å². The molecule has 1 atom stereocenters. The van der Waals surface area contributed by atoms with Crippen molar-refractivity contribution in [3.8, 4) is 0 Å². The van der Waals surface area contributed by atoms with Crippen molar-refractivity contribution in [2.75, 3.05) is 13.2 Å². The molecular weight excluding hydrogens is 408 g/mol. The lowest BCUT2D eigenvalue weighted by atomic mass is 9.97. The van der Waals surface area contributed by atoms with Crippen LogP contribution in [-0.2, 0) is 19.6 Å². The molecule has 9 heteroatoms. The Kier molecular flexibility index (Phi) is 6.33. The third-order valence-electron chi connectivity index (χ3n) is 4.88. The zero-order valence-electron chi connectivity index (χ0n) is 16.6. The van der Waals surface area contributed by atoms with Crippen molar-refractivity contribution >= 4 is 21.7 Å². The number of rotatable bonds is 6. The third-order valence-corrected chi connectivity index (χ3v) is 6.75. The number of carbonyl (C=O) groups excluding carboxylic acids is 1. The zero-order chi connectivity index (χ0) is 21.9. The second kappa shape index (κ2) is 8.76. The third kappa shape index (κ3) is 4.42. The molecule has 8 nitrogen and oxygen atoms in total. The molecule has 0 N–H and O–H groups in total. The van der Waals surface area contributed by atoms with Crippen LogP contribution in [0.3, 0.4) is 0 Å². The summed E-state index contributed by atoms with van der Waals surface area (Å²) in [6.45, 7) is 3.65. The molecule has 1 aliphatic rings. The van der Waals surface area contributed by atoms with Gasteiger partial charge in [0.25, 0.3) is 5.69 Å². The summed E-state index contributed by atoms with van der Waals surface area (Å²) in [7, 11) is -4.03. The Labute approximate surface area is 175 Å². The SMILES string of the molecule is CCOC(=O)C1=CC[C@H](c2cccc(C)c2)N(S(=O)(=O)c2ccc([N+](=O)[O-])cc2)C1. The molecule has 2 aromatic rings. The Morgan fingerprint density at radius 1 is 1.23 bits per heavy atom. The number of non-ortho nitro benzene ring substituents is 1. The van der Waals surface area contributed by atoms with Crippen LogP contribution in [0.1, 0.15) is 30.5 Å². The normalized spacial score (nSPS) is 17.3. The van der Waals surface area contributed by atoms with E-state index < -0.39 is 27.0 Å². The number of aryl methyl sites for hydroxylation is 1. The predicted octanol–water partition coefficient (Wildman–Crippen LogP) is 3.53. The van der Waals surface area contributed by atoms with Gasteiger partial charge in [0.15, 0.2) is 0 Å². The number of nitrogens with zero attached hydrogens (tertiary/aromatic N) is 2. The van der Waals surface area contributed by atoms with E-state index in [9.17, 15) is 23.3 Å². The number of nitro groups is 1. The van der Waals surface area contributed by atoms with Gasteiger partial charge < -0.3 is 4.74 Å². The summed E-state index contributed by atoms with van der Waals surface area (Å²) in [5.41, 5.74) is 1.86. The maximum absolute atomic E-state index is 13.4. The number of hydrogen-bond acceptors (Lipinski definition) is 6. The molecule has 0 aliphatic carbocycles. The van der Waals surface area contributed by atoms with Crippen molar-refractivity contribution in [2.24, 2.45) is 0 Å². The van der Waals surface area contributed by atoms with Crippen molar-refractivity contribution in [3.05, 3.63) is 81.4 Å². The van der Waals surface area contributed by atoms with Gasteiger partial charge in [-0.2, -0.15) is 4.31 Å². The first kappa shape index (κ1) is 21.7. The molecule has 3 rings (SSSR count). The molecule has 0 saturated carbocycles. The lowest BCUT2D eigenvalue weighted by Gasteiger charge is -2.34. The van der Waals surface area contributed by atoms with Crippen molar-refractivity contribution in [3.63, 3.8) is 0 Å². The second-order valence-electron chi connectivity index (χ2n) is 6.92. The lowest BCUT2D eigenvalue weighted by molar-refractivity contribution is -0.384. The summed E-state index contributed by atoms with van der Waals surface area (Å²) in [6, 6.07) is 11.7. The van der Waals surface area contributed by atoms with Crippen molar-refractivity contribution < 1.29 is 22.9 Å². The fourth-order valence-electron chi connectivity index (χ4n) is 3.39. The fourth-order valence-corrected chi connectivity index (χ4v) is 5.00. The van der Waals surface area contributed by atoms with Gasteiger partial charge in [-0.25, -0.2) is 13.2 Å². The standard InChI is InChI=1S/C21H22N2O6S/c1-3-29-21(24)17-7-12-20(16-6-4-5-15(2)13-16)22(14-17)30(27,28)19-10-8-18(9-11-19)23(25)26/h4-11,13,20H,3,12,14H2,1-2H3/t20-/m1/s1. The van der Waals surface area contributed by atoms with E-state index in [1.54, 1.807) is 13.0 Å². The average Bonchev–Trinajstić information content (AvgIpc) is 2.73. The molecule has 0 bridgehead atoms. The van der Waals surface area contributed by atoms with E-state index in [1.807, 2.05) is 31.2 Å². The number of nitro benzene ring substituents is 1.